The fourth-order valence-corrected chi connectivity index (χ4v) is 12.3. The molecule has 1 aliphatic heterocycles. The van der Waals surface area contributed by atoms with Gasteiger partial charge in [0.15, 0.2) is 6.29 Å². The average molecular weight is 667 g/mol. The fraction of sp³-hybridized carbons (Fsp3) is 0.917. The Balaban J connectivity index is 1.34. The van der Waals surface area contributed by atoms with Crippen molar-refractivity contribution in [1.82, 2.24) is 0 Å². The van der Waals surface area contributed by atoms with Crippen LogP contribution in [0.15, 0.2) is 11.6 Å². The Kier molecular flexibility index (Phi) is 8.68. The summed E-state index contributed by atoms with van der Waals surface area (Å²) in [7, 11) is 0. The Morgan fingerprint density at radius 3 is 2.19 bits per heavy atom. The third kappa shape index (κ3) is 4.74. The van der Waals surface area contributed by atoms with Crippen LogP contribution in [0.25, 0.3) is 0 Å². The standard InChI is InChI=1S/C36H58O11/c1-31(2)13-19-18-7-8-23-32(3)14-20(39)28(43)33(4,17-38)22(32)9-10-35(23,6)34(18,5)11-12-36(19,30(44)45)15-24(31)47-29-27(42)26(41)25(40)21(16-37)46-29/h7,19-29,37-43H,8-17H2,1-6H3,(H,44,45)/t19-,20+,21+,22+,23+,24-,25+,26-,27+,28-,29-,32-,33+,34+,35+,36+/m0/s1. The van der Waals surface area contributed by atoms with E-state index in [1.54, 1.807) is 0 Å². The highest BCUT2D eigenvalue weighted by atomic mass is 16.7. The number of ether oxygens (including phenoxy) is 2. The molecular weight excluding hydrogens is 608 g/mol. The number of carbonyl (C=O) groups is 1. The number of rotatable bonds is 5. The predicted octanol–water partition coefficient (Wildman–Crippen LogP) is 1.97. The van der Waals surface area contributed by atoms with Crippen LogP contribution >= 0.6 is 0 Å². The van der Waals surface area contributed by atoms with E-state index < -0.39 is 77.8 Å². The van der Waals surface area contributed by atoms with Crippen LogP contribution in [0.4, 0.5) is 0 Å². The molecule has 0 spiro atoms. The zero-order chi connectivity index (χ0) is 34.7. The minimum absolute atomic E-state index is 0.0330. The average Bonchev–Trinajstić information content (AvgIpc) is 3.00. The molecule has 1 saturated heterocycles. The van der Waals surface area contributed by atoms with Crippen molar-refractivity contribution in [3.63, 3.8) is 0 Å². The van der Waals surface area contributed by atoms with E-state index in [9.17, 15) is 45.6 Å². The smallest absolute Gasteiger partial charge is 0.310 e. The van der Waals surface area contributed by atoms with Crippen molar-refractivity contribution in [3.05, 3.63) is 11.6 Å². The molecule has 11 heteroatoms. The third-order valence-corrected chi connectivity index (χ3v) is 15.4. The number of hydrogen-bond acceptors (Lipinski definition) is 10. The summed E-state index contributed by atoms with van der Waals surface area (Å²) in [6.07, 6.45) is -2.73. The van der Waals surface area contributed by atoms with Crippen molar-refractivity contribution in [3.8, 4) is 0 Å². The summed E-state index contributed by atoms with van der Waals surface area (Å²) >= 11 is 0. The van der Waals surface area contributed by atoms with Crippen LogP contribution in [-0.4, -0.2) is 109 Å². The van der Waals surface area contributed by atoms with Crippen molar-refractivity contribution in [2.24, 2.45) is 50.2 Å². The van der Waals surface area contributed by atoms with Gasteiger partial charge in [-0.25, -0.2) is 0 Å². The number of hydrogen-bond donors (Lipinski definition) is 8. The highest BCUT2D eigenvalue weighted by Crippen LogP contribution is 2.76. The maximum Gasteiger partial charge on any atom is 0.310 e. The van der Waals surface area contributed by atoms with Crippen LogP contribution in [0.2, 0.25) is 0 Å². The molecule has 11 nitrogen and oxygen atoms in total. The van der Waals surface area contributed by atoms with E-state index in [1.807, 2.05) is 20.8 Å². The molecule has 47 heavy (non-hydrogen) atoms. The van der Waals surface area contributed by atoms with Gasteiger partial charge in [-0.2, -0.15) is 0 Å². The van der Waals surface area contributed by atoms with Crippen LogP contribution in [0.1, 0.15) is 92.9 Å². The van der Waals surface area contributed by atoms with Gasteiger partial charge in [-0.15, -0.1) is 0 Å². The van der Waals surface area contributed by atoms with Gasteiger partial charge in [-0.05, 0) is 90.8 Å². The number of carboxylic acids is 1. The molecule has 268 valence electrons. The molecule has 5 fully saturated rings. The highest BCUT2D eigenvalue weighted by Gasteiger charge is 2.71. The second-order valence-corrected chi connectivity index (χ2v) is 17.9. The summed E-state index contributed by atoms with van der Waals surface area (Å²) < 4.78 is 12.0. The van der Waals surface area contributed by atoms with Gasteiger partial charge in [0.05, 0.1) is 36.9 Å². The monoisotopic (exact) mass is 666 g/mol. The summed E-state index contributed by atoms with van der Waals surface area (Å²) in [5, 5.41) is 84.8. The first-order valence-electron chi connectivity index (χ1n) is 17.6. The molecule has 0 radical (unpaired) electrons. The van der Waals surface area contributed by atoms with Crippen LogP contribution in [0.5, 0.6) is 0 Å². The minimum Gasteiger partial charge on any atom is -0.481 e. The predicted molar refractivity (Wildman–Crippen MR) is 170 cm³/mol. The van der Waals surface area contributed by atoms with E-state index in [2.05, 4.69) is 26.8 Å². The molecule has 5 aliphatic carbocycles. The fourth-order valence-electron chi connectivity index (χ4n) is 12.3. The zero-order valence-corrected chi connectivity index (χ0v) is 28.8. The van der Waals surface area contributed by atoms with Gasteiger partial charge in [0.25, 0.3) is 0 Å². The number of aliphatic hydroxyl groups excluding tert-OH is 7. The molecule has 6 aliphatic rings. The van der Waals surface area contributed by atoms with E-state index in [0.29, 0.717) is 25.7 Å². The van der Waals surface area contributed by atoms with E-state index in [0.717, 1.165) is 19.3 Å². The molecule has 0 unspecified atom stereocenters. The van der Waals surface area contributed by atoms with Crippen molar-refractivity contribution >= 4 is 5.97 Å². The maximum atomic E-state index is 13.4. The number of aliphatic hydroxyl groups is 7. The van der Waals surface area contributed by atoms with Crippen LogP contribution < -0.4 is 0 Å². The van der Waals surface area contributed by atoms with Gasteiger partial charge in [-0.3, -0.25) is 4.79 Å². The Hall–Kier alpha value is -1.15. The molecule has 0 aromatic heterocycles. The number of aliphatic carboxylic acids is 1. The Bertz CT molecular complexity index is 1270. The summed E-state index contributed by atoms with van der Waals surface area (Å²) in [6.45, 7) is 12.1. The first-order chi connectivity index (χ1) is 21.8. The van der Waals surface area contributed by atoms with Gasteiger partial charge in [0.2, 0.25) is 0 Å². The first kappa shape index (κ1) is 35.7. The highest BCUT2D eigenvalue weighted by molar-refractivity contribution is 5.77. The van der Waals surface area contributed by atoms with Crippen molar-refractivity contribution < 1.29 is 55.1 Å². The maximum absolute atomic E-state index is 13.4. The van der Waals surface area contributed by atoms with Crippen molar-refractivity contribution in [2.75, 3.05) is 13.2 Å². The van der Waals surface area contributed by atoms with Gasteiger partial charge < -0.3 is 50.3 Å². The van der Waals surface area contributed by atoms with E-state index in [4.69, 9.17) is 9.47 Å². The summed E-state index contributed by atoms with van der Waals surface area (Å²) in [5.74, 6) is -0.931. The van der Waals surface area contributed by atoms with Gasteiger partial charge in [0, 0.05) is 5.41 Å². The molecular formula is C36H58O11. The summed E-state index contributed by atoms with van der Waals surface area (Å²) in [4.78, 5) is 13.4. The van der Waals surface area contributed by atoms with Crippen LogP contribution in [0.3, 0.4) is 0 Å². The largest absolute Gasteiger partial charge is 0.481 e. The van der Waals surface area contributed by atoms with E-state index >= 15 is 0 Å². The lowest BCUT2D eigenvalue weighted by molar-refractivity contribution is -0.325. The first-order valence-corrected chi connectivity index (χ1v) is 17.6. The molecule has 0 amide bonds. The van der Waals surface area contributed by atoms with Crippen LogP contribution in [-0.2, 0) is 14.3 Å². The zero-order valence-electron chi connectivity index (χ0n) is 28.8. The summed E-state index contributed by atoms with van der Waals surface area (Å²) in [6, 6.07) is 0. The second-order valence-electron chi connectivity index (χ2n) is 17.9. The molecule has 6 rings (SSSR count). The molecule has 4 saturated carbocycles. The van der Waals surface area contributed by atoms with Crippen molar-refractivity contribution in [1.29, 1.82) is 0 Å². The quantitative estimate of drug-likeness (QED) is 0.158. The van der Waals surface area contributed by atoms with Gasteiger partial charge >= 0.3 is 5.97 Å². The lowest BCUT2D eigenvalue weighted by atomic mass is 9.33. The van der Waals surface area contributed by atoms with E-state index in [1.165, 1.54) is 5.57 Å². The lowest BCUT2D eigenvalue weighted by Gasteiger charge is -2.71. The van der Waals surface area contributed by atoms with Gasteiger partial charge in [0.1, 0.15) is 24.4 Å². The van der Waals surface area contributed by atoms with Crippen molar-refractivity contribution in [2.45, 2.75) is 142 Å². The topological polar surface area (TPSA) is 197 Å². The van der Waals surface area contributed by atoms with Crippen LogP contribution in [0, 0.1) is 50.2 Å². The second kappa shape index (κ2) is 11.4. The molecule has 0 aromatic carbocycles. The summed E-state index contributed by atoms with van der Waals surface area (Å²) in [5.41, 5.74) is -2.11. The van der Waals surface area contributed by atoms with E-state index in [-0.39, 0.29) is 47.0 Å². The Morgan fingerprint density at radius 1 is 0.894 bits per heavy atom. The number of fused-ring (bicyclic) bond motifs is 7. The molecule has 0 aromatic rings. The molecule has 16 atom stereocenters. The lowest BCUT2D eigenvalue weighted by Crippen LogP contribution is -2.68. The normalized spacial score (nSPS) is 55.5. The minimum atomic E-state index is -1.59. The Labute approximate surface area is 278 Å². The Morgan fingerprint density at radius 2 is 1.57 bits per heavy atom. The third-order valence-electron chi connectivity index (χ3n) is 15.4. The molecule has 8 N–H and O–H groups in total. The number of allylic oxidation sites excluding steroid dienone is 2. The number of carboxylic acid groups (broad SMARTS) is 1. The van der Waals surface area contributed by atoms with Gasteiger partial charge in [-0.1, -0.05) is 53.2 Å². The SMILES string of the molecule is CC1(C)C[C@H]2C3=CC[C@@H]4[C@@]5(C)C[C@@H](O)[C@H](O)[C@](C)(CO)[C@@H]5CC[C@@]4(C)[C@]3(C)CC[C@@]2(C(=O)O)C[C@@H]1O[C@@H]1O[C@H](CO)[C@@H](O)[C@H](O)[C@H]1O. The molecule has 1 heterocycles. The molecule has 0 bridgehead atoms.